The Labute approximate surface area is 210 Å². The number of carbonyl (C=O) groups is 1. The van der Waals surface area contributed by atoms with E-state index in [0.29, 0.717) is 18.8 Å². The molecule has 0 saturated heterocycles. The van der Waals surface area contributed by atoms with Crippen LogP contribution in [0.4, 0.5) is 0 Å². The number of fused-ring (bicyclic) bond motifs is 5. The molecule has 11 atom stereocenters. The van der Waals surface area contributed by atoms with E-state index in [-0.39, 0.29) is 65.4 Å². The second kappa shape index (κ2) is 9.86. The number of rotatable bonds is 7. The topological polar surface area (TPSA) is 147 Å². The van der Waals surface area contributed by atoms with Crippen LogP contribution in [-0.2, 0) is 14.9 Å². The minimum atomic E-state index is -4.35. The maximum absolute atomic E-state index is 12.2. The Morgan fingerprint density at radius 3 is 2.49 bits per heavy atom. The lowest BCUT2D eigenvalue weighted by molar-refractivity contribution is -0.207. The van der Waals surface area contributed by atoms with Crippen molar-refractivity contribution in [2.24, 2.45) is 46.3 Å². The van der Waals surface area contributed by atoms with Crippen molar-refractivity contribution in [2.75, 3.05) is 12.3 Å². The van der Waals surface area contributed by atoms with Crippen LogP contribution in [0.25, 0.3) is 0 Å². The molecule has 4 saturated carbocycles. The van der Waals surface area contributed by atoms with Gasteiger partial charge < -0.3 is 25.2 Å². The van der Waals surface area contributed by atoms with Crippen molar-refractivity contribution < 1.29 is 33.1 Å². The van der Waals surface area contributed by atoms with E-state index in [0.717, 1.165) is 38.5 Å². The molecule has 9 heteroatoms. The van der Waals surface area contributed by atoms with Gasteiger partial charge in [-0.15, -0.1) is 0 Å². The van der Waals surface area contributed by atoms with Crippen LogP contribution in [0.5, 0.6) is 0 Å². The molecule has 0 radical (unpaired) electrons. The summed E-state index contributed by atoms with van der Waals surface area (Å²) in [5, 5.41) is 35.7. The lowest BCUT2D eigenvalue weighted by Crippen LogP contribution is -2.62. The van der Waals surface area contributed by atoms with Gasteiger partial charge in [-0.25, -0.2) is 8.42 Å². The van der Waals surface area contributed by atoms with Crippen LogP contribution in [0, 0.1) is 46.3 Å². The van der Waals surface area contributed by atoms with Gasteiger partial charge in [-0.3, -0.25) is 4.79 Å². The van der Waals surface area contributed by atoms with Crippen molar-refractivity contribution in [2.45, 2.75) is 96.9 Å². The summed E-state index contributed by atoms with van der Waals surface area (Å²) in [5.74, 6) is 0.522. The van der Waals surface area contributed by atoms with Gasteiger partial charge in [-0.1, -0.05) is 20.8 Å². The molecule has 4 N–H and O–H groups in total. The fourth-order valence-corrected chi connectivity index (χ4v) is 9.45. The highest BCUT2D eigenvalue weighted by molar-refractivity contribution is 7.85. The van der Waals surface area contributed by atoms with E-state index in [1.807, 2.05) is 0 Å². The van der Waals surface area contributed by atoms with Crippen LogP contribution in [0.1, 0.15) is 78.6 Å². The fourth-order valence-electron chi connectivity index (χ4n) is 9.10. The fraction of sp³-hybridized carbons (Fsp3) is 0.962. The lowest BCUT2D eigenvalue weighted by atomic mass is 9.43. The number of hydrogen-bond donors (Lipinski definition) is 4. The Morgan fingerprint density at radius 2 is 1.80 bits per heavy atom. The molecule has 4 aliphatic rings. The summed E-state index contributed by atoms with van der Waals surface area (Å²) in [4.78, 5) is 12.2. The zero-order valence-corrected chi connectivity index (χ0v) is 22.2. The first kappa shape index (κ1) is 27.3. The molecule has 35 heavy (non-hydrogen) atoms. The predicted molar refractivity (Wildman–Crippen MR) is 130 cm³/mol. The summed E-state index contributed by atoms with van der Waals surface area (Å²) >= 11 is 0. The summed E-state index contributed by atoms with van der Waals surface area (Å²) < 4.78 is 32.2. The van der Waals surface area contributed by atoms with Gasteiger partial charge in [-0.05, 0) is 97.7 Å². The summed E-state index contributed by atoms with van der Waals surface area (Å²) in [6.07, 6.45) is 5.58. The Kier molecular flexibility index (Phi) is 7.69. The molecule has 0 heterocycles. The third-order valence-corrected chi connectivity index (χ3v) is 11.7. The first-order chi connectivity index (χ1) is 16.3. The summed E-state index contributed by atoms with van der Waals surface area (Å²) in [6, 6.07) is 0. The van der Waals surface area contributed by atoms with Crippen LogP contribution >= 0.6 is 0 Å². The molecular weight excluding hydrogens is 470 g/mol. The molecule has 202 valence electrons. The van der Waals surface area contributed by atoms with Crippen molar-refractivity contribution >= 4 is 16.0 Å². The standard InChI is InChI=1S/C26H45NO7S/c1-15(4-7-23(31)27-10-11-35(32,33)34)18-5-6-19-24-20(14-22(30)26(18,19)3)25(2)9-8-17(28)12-16(25)13-21(24)29/h15-22,24,28-30H,4-14H2,1-3H3,(H,27,31)(H,32,33,34)/p-1/t15-,16?,17-,18-,19+,20+,21-,22+,24+,25+,26-/m1/s1. The number of hydrogen-bond acceptors (Lipinski definition) is 7. The molecule has 8 nitrogen and oxygen atoms in total. The van der Waals surface area contributed by atoms with Gasteiger partial charge in [0.15, 0.2) is 0 Å². The number of carbonyl (C=O) groups excluding carboxylic acids is 1. The average molecular weight is 515 g/mol. The Bertz CT molecular complexity index is 896. The van der Waals surface area contributed by atoms with Gasteiger partial charge in [0.2, 0.25) is 5.91 Å². The smallest absolute Gasteiger partial charge is 0.220 e. The molecule has 4 rings (SSSR count). The summed E-state index contributed by atoms with van der Waals surface area (Å²) in [7, 11) is -4.35. The average Bonchev–Trinajstić information content (AvgIpc) is 3.12. The van der Waals surface area contributed by atoms with Crippen LogP contribution in [0.15, 0.2) is 0 Å². The van der Waals surface area contributed by atoms with E-state index in [1.165, 1.54) is 0 Å². The number of nitrogens with one attached hydrogen (secondary N) is 1. The Balaban J connectivity index is 1.43. The van der Waals surface area contributed by atoms with Crippen molar-refractivity contribution in [3.63, 3.8) is 0 Å². The van der Waals surface area contributed by atoms with Gasteiger partial charge in [0.05, 0.1) is 34.2 Å². The molecule has 4 aliphatic carbocycles. The van der Waals surface area contributed by atoms with Crippen LogP contribution in [-0.4, -0.2) is 64.8 Å². The van der Waals surface area contributed by atoms with E-state index >= 15 is 0 Å². The summed E-state index contributed by atoms with van der Waals surface area (Å²) in [6.45, 7) is 6.48. The molecule has 1 unspecified atom stereocenters. The van der Waals surface area contributed by atoms with Crippen molar-refractivity contribution in [1.82, 2.24) is 5.32 Å². The van der Waals surface area contributed by atoms with Gasteiger partial charge in [0.25, 0.3) is 0 Å². The largest absolute Gasteiger partial charge is 0.748 e. The second-order valence-electron chi connectivity index (χ2n) is 12.7. The number of amides is 1. The lowest BCUT2D eigenvalue weighted by Gasteiger charge is -2.63. The minimum Gasteiger partial charge on any atom is -0.748 e. The van der Waals surface area contributed by atoms with E-state index in [9.17, 15) is 33.1 Å². The minimum absolute atomic E-state index is 0.0464. The van der Waals surface area contributed by atoms with Gasteiger partial charge in [0.1, 0.15) is 0 Å². The number of aliphatic hydroxyl groups is 3. The highest BCUT2D eigenvalue weighted by Crippen LogP contribution is 2.68. The van der Waals surface area contributed by atoms with Crippen molar-refractivity contribution in [3.8, 4) is 0 Å². The molecule has 0 bridgehead atoms. The highest BCUT2D eigenvalue weighted by Gasteiger charge is 2.65. The first-order valence-corrected chi connectivity index (χ1v) is 15.1. The Hall–Kier alpha value is -0.740. The second-order valence-corrected chi connectivity index (χ2v) is 14.2. The van der Waals surface area contributed by atoms with Gasteiger partial charge in [-0.2, -0.15) is 0 Å². The molecule has 1 amide bonds. The SMILES string of the molecule is C[C@H](CCC(=O)NCCS(=O)(=O)[O-])[C@H]1CC[C@H]2[C@@H]3[C@H](O)CC4C[C@H](O)CC[C@]4(C)[C@H]3C[C@H](O)[C@]12C. The maximum atomic E-state index is 12.2. The molecule has 0 aromatic carbocycles. The molecule has 0 spiro atoms. The third-order valence-electron chi connectivity index (χ3n) is 11.0. The number of aliphatic hydroxyl groups excluding tert-OH is 3. The van der Waals surface area contributed by atoms with E-state index < -0.39 is 28.1 Å². The monoisotopic (exact) mass is 514 g/mol. The van der Waals surface area contributed by atoms with Gasteiger partial charge in [0, 0.05) is 13.0 Å². The van der Waals surface area contributed by atoms with E-state index in [1.54, 1.807) is 0 Å². The van der Waals surface area contributed by atoms with E-state index in [4.69, 9.17) is 0 Å². The van der Waals surface area contributed by atoms with Crippen molar-refractivity contribution in [1.29, 1.82) is 0 Å². The van der Waals surface area contributed by atoms with Crippen LogP contribution in [0.2, 0.25) is 0 Å². The van der Waals surface area contributed by atoms with Crippen molar-refractivity contribution in [3.05, 3.63) is 0 Å². The molecule has 0 aromatic rings. The predicted octanol–water partition coefficient (Wildman–Crippen LogP) is 2.03. The van der Waals surface area contributed by atoms with Crippen LogP contribution in [0.3, 0.4) is 0 Å². The third kappa shape index (κ3) is 5.05. The Morgan fingerprint density at radius 1 is 1.09 bits per heavy atom. The molecule has 4 fully saturated rings. The molecular formula is C26H44NO7S-. The summed E-state index contributed by atoms with van der Waals surface area (Å²) in [5.41, 5.74) is -0.267. The molecule has 0 aliphatic heterocycles. The van der Waals surface area contributed by atoms with Gasteiger partial charge >= 0.3 is 0 Å². The van der Waals surface area contributed by atoms with Crippen LogP contribution < -0.4 is 5.32 Å². The van der Waals surface area contributed by atoms with E-state index in [2.05, 4.69) is 26.1 Å². The maximum Gasteiger partial charge on any atom is 0.220 e. The first-order valence-electron chi connectivity index (χ1n) is 13.5. The molecule has 0 aromatic heterocycles. The highest BCUT2D eigenvalue weighted by atomic mass is 32.2. The quantitative estimate of drug-likeness (QED) is 0.380. The normalized spacial score (nSPS) is 46.3. The zero-order chi connectivity index (χ0) is 25.8. The zero-order valence-electron chi connectivity index (χ0n) is 21.4.